The number of para-hydroxylation sites is 1. The average Bonchev–Trinajstić information content (AvgIpc) is 2.38. The third-order valence-corrected chi connectivity index (χ3v) is 3.68. The predicted octanol–water partition coefficient (Wildman–Crippen LogP) is 2.16. The van der Waals surface area contributed by atoms with Gasteiger partial charge in [0.1, 0.15) is 18.8 Å². The van der Waals surface area contributed by atoms with Crippen LogP contribution in [0.25, 0.3) is 0 Å². The van der Waals surface area contributed by atoms with Crippen LogP contribution < -0.4 is 4.48 Å². The largest absolute Gasteiger partial charge is 0.726 e. The molecule has 128 valence electrons. The van der Waals surface area contributed by atoms with E-state index in [9.17, 15) is 21.7 Å². The quantitative estimate of drug-likeness (QED) is 0.335. The maximum absolute atomic E-state index is 12.7. The number of hydrogen-bond donors (Lipinski definition) is 0. The van der Waals surface area contributed by atoms with Gasteiger partial charge in [-0.3, -0.25) is 17.8 Å². The van der Waals surface area contributed by atoms with Gasteiger partial charge in [-0.05, 0) is 12.1 Å². The lowest BCUT2D eigenvalue weighted by Crippen LogP contribution is -2.43. The van der Waals surface area contributed by atoms with E-state index in [4.69, 9.17) is 0 Å². The fourth-order valence-corrected chi connectivity index (χ4v) is 1.80. The van der Waals surface area contributed by atoms with E-state index in [1.165, 1.54) is 0 Å². The van der Waals surface area contributed by atoms with Crippen LogP contribution in [0, 0.1) is 0 Å². The Morgan fingerprint density at radius 3 is 2.09 bits per heavy atom. The molecular formula is C12H21FNO6PS. The van der Waals surface area contributed by atoms with Gasteiger partial charge in [0.25, 0.3) is 0 Å². The van der Waals surface area contributed by atoms with Crippen molar-refractivity contribution in [3.05, 3.63) is 30.3 Å². The fourth-order valence-electron chi connectivity index (χ4n) is 1.39. The van der Waals surface area contributed by atoms with E-state index in [0.717, 1.165) is 19.5 Å². The molecule has 7 nitrogen and oxygen atoms in total. The minimum Gasteiger partial charge on any atom is -0.726 e. The van der Waals surface area contributed by atoms with E-state index in [1.54, 1.807) is 0 Å². The molecule has 0 aliphatic heterocycles. The van der Waals surface area contributed by atoms with Gasteiger partial charge in [0.15, 0.2) is 0 Å². The SMILES string of the molecule is COS(=O)(=O)[O-].C[N+](C)(CCOP(C)(=O)F)c1ccccc1. The molecule has 0 aromatic heterocycles. The molecule has 1 unspecified atom stereocenters. The summed E-state index contributed by atoms with van der Waals surface area (Å²) in [6.45, 7) is 1.70. The molecule has 0 saturated carbocycles. The fraction of sp³-hybridized carbons (Fsp3) is 0.500. The Kier molecular flexibility index (Phi) is 8.38. The third-order valence-electron chi connectivity index (χ3n) is 2.63. The highest BCUT2D eigenvalue weighted by atomic mass is 32.3. The first-order chi connectivity index (χ1) is 9.87. The van der Waals surface area contributed by atoms with Gasteiger partial charge in [-0.2, -0.15) is 4.20 Å². The maximum Gasteiger partial charge on any atom is 0.364 e. The van der Waals surface area contributed by atoms with Crippen LogP contribution in [0.15, 0.2) is 30.3 Å². The van der Waals surface area contributed by atoms with Crippen molar-refractivity contribution < 1.29 is 30.4 Å². The molecule has 0 aliphatic rings. The van der Waals surface area contributed by atoms with Crippen molar-refractivity contribution in [2.24, 2.45) is 0 Å². The Hall–Kier alpha value is -0.830. The number of likely N-dealkylation sites (N-methyl/N-ethyl adjacent to an activating group) is 1. The Bertz CT molecular complexity index is 587. The highest BCUT2D eigenvalue weighted by Gasteiger charge is 2.21. The number of nitrogens with zero attached hydrogens (tertiary/aromatic N) is 1. The summed E-state index contributed by atoms with van der Waals surface area (Å²) in [6, 6.07) is 9.86. The molecule has 22 heavy (non-hydrogen) atoms. The van der Waals surface area contributed by atoms with Gasteiger partial charge >= 0.3 is 7.68 Å². The van der Waals surface area contributed by atoms with E-state index in [2.05, 4.69) is 8.71 Å². The molecule has 0 radical (unpaired) electrons. The highest BCUT2D eigenvalue weighted by Crippen LogP contribution is 2.43. The van der Waals surface area contributed by atoms with E-state index < -0.39 is 18.1 Å². The number of benzene rings is 1. The highest BCUT2D eigenvalue weighted by molar-refractivity contribution is 7.80. The summed E-state index contributed by atoms with van der Waals surface area (Å²) in [4.78, 5) is 0. The Balaban J connectivity index is 0.000000626. The second kappa shape index (κ2) is 8.71. The number of halogens is 1. The Labute approximate surface area is 130 Å². The summed E-state index contributed by atoms with van der Waals surface area (Å²) < 4.78 is 59.7. The van der Waals surface area contributed by atoms with E-state index in [0.29, 0.717) is 11.0 Å². The monoisotopic (exact) mass is 357 g/mol. The standard InChI is InChI=1S/C11H18FNO2P.CH4O4S/c1-13(2,9-10-15-16(3,12)14)11-7-5-4-6-8-11;1-5-6(2,3)4/h4-8H,9-10H2,1-3H3;1H3,(H,2,3,4)/q+1;/p-1. The van der Waals surface area contributed by atoms with Crippen LogP contribution in [-0.2, 0) is 23.7 Å². The van der Waals surface area contributed by atoms with E-state index in [-0.39, 0.29) is 6.61 Å². The molecule has 0 heterocycles. The van der Waals surface area contributed by atoms with Crippen LogP contribution in [0.4, 0.5) is 9.88 Å². The lowest BCUT2D eigenvalue weighted by atomic mass is 10.2. The van der Waals surface area contributed by atoms with Crippen LogP contribution >= 0.6 is 7.68 Å². The van der Waals surface area contributed by atoms with Gasteiger partial charge in [0.2, 0.25) is 10.4 Å². The predicted molar refractivity (Wildman–Crippen MR) is 82.2 cm³/mol. The van der Waals surface area contributed by atoms with Crippen molar-refractivity contribution in [3.8, 4) is 0 Å². The van der Waals surface area contributed by atoms with Crippen molar-refractivity contribution in [2.75, 3.05) is 41.0 Å². The van der Waals surface area contributed by atoms with E-state index in [1.807, 2.05) is 44.4 Å². The Morgan fingerprint density at radius 1 is 1.27 bits per heavy atom. The molecule has 1 atom stereocenters. The summed E-state index contributed by atoms with van der Waals surface area (Å²) in [6.07, 6.45) is 0. The van der Waals surface area contributed by atoms with Crippen molar-refractivity contribution in [1.29, 1.82) is 0 Å². The average molecular weight is 357 g/mol. The summed E-state index contributed by atoms with van der Waals surface area (Å²) >= 11 is 0. The van der Waals surface area contributed by atoms with E-state index >= 15 is 0 Å². The first kappa shape index (κ1) is 21.2. The van der Waals surface area contributed by atoms with Crippen molar-refractivity contribution in [1.82, 2.24) is 4.48 Å². The number of hydrogen-bond acceptors (Lipinski definition) is 6. The number of quaternary nitrogens is 1. The molecule has 0 saturated heterocycles. The second-order valence-electron chi connectivity index (χ2n) is 4.90. The van der Waals surface area contributed by atoms with Crippen LogP contribution in [0.5, 0.6) is 0 Å². The molecule has 1 aromatic carbocycles. The number of rotatable bonds is 6. The van der Waals surface area contributed by atoms with Gasteiger partial charge in [0.05, 0.1) is 21.2 Å². The minimum absolute atomic E-state index is 0.145. The third kappa shape index (κ3) is 10.8. The maximum atomic E-state index is 12.7. The topological polar surface area (TPSA) is 92.7 Å². The first-order valence-corrected chi connectivity index (χ1v) is 9.49. The van der Waals surface area contributed by atoms with Gasteiger partial charge in [0, 0.05) is 6.66 Å². The zero-order chi connectivity index (χ0) is 17.4. The second-order valence-corrected chi connectivity index (χ2v) is 7.80. The summed E-state index contributed by atoms with van der Waals surface area (Å²) in [5.74, 6) is 0. The summed E-state index contributed by atoms with van der Waals surface area (Å²) in [5, 5.41) is 0. The van der Waals surface area contributed by atoms with Gasteiger partial charge in [-0.15, -0.1) is 0 Å². The molecule has 0 N–H and O–H groups in total. The van der Waals surface area contributed by atoms with Crippen molar-refractivity contribution in [3.63, 3.8) is 0 Å². The molecule has 0 spiro atoms. The lowest BCUT2D eigenvalue weighted by Gasteiger charge is -2.29. The summed E-state index contributed by atoms with van der Waals surface area (Å²) in [5.41, 5.74) is 1.11. The normalized spacial score (nSPS) is 14.6. The zero-order valence-corrected chi connectivity index (χ0v) is 14.6. The molecule has 0 bridgehead atoms. The van der Waals surface area contributed by atoms with Crippen molar-refractivity contribution >= 4 is 23.8 Å². The molecule has 10 heteroatoms. The molecule has 0 fully saturated rings. The van der Waals surface area contributed by atoms with Crippen LogP contribution in [0.3, 0.4) is 0 Å². The van der Waals surface area contributed by atoms with Crippen LogP contribution in [0.1, 0.15) is 0 Å². The smallest absolute Gasteiger partial charge is 0.364 e. The lowest BCUT2D eigenvalue weighted by molar-refractivity contribution is 0.248. The minimum atomic E-state index is -4.41. The molecule has 0 aliphatic carbocycles. The molecule has 0 amide bonds. The van der Waals surface area contributed by atoms with Gasteiger partial charge in [-0.25, -0.2) is 8.42 Å². The molecule has 1 rings (SSSR count). The van der Waals surface area contributed by atoms with Crippen LogP contribution in [0.2, 0.25) is 0 Å². The Morgan fingerprint density at radius 2 is 1.73 bits per heavy atom. The first-order valence-electron chi connectivity index (χ1n) is 6.19. The van der Waals surface area contributed by atoms with Gasteiger partial charge < -0.3 is 4.55 Å². The molecular weight excluding hydrogens is 336 g/mol. The van der Waals surface area contributed by atoms with Gasteiger partial charge in [-0.1, -0.05) is 18.2 Å². The summed E-state index contributed by atoms with van der Waals surface area (Å²) in [7, 11) is -3.46. The zero-order valence-electron chi connectivity index (χ0n) is 12.9. The van der Waals surface area contributed by atoms with Crippen molar-refractivity contribution in [2.45, 2.75) is 0 Å². The molecule has 1 aromatic rings. The van der Waals surface area contributed by atoms with Crippen LogP contribution in [-0.4, -0.2) is 54.0 Å².